The highest BCUT2D eigenvalue weighted by Crippen LogP contribution is 2.24. The molecule has 0 saturated carbocycles. The van der Waals surface area contributed by atoms with Gasteiger partial charge in [-0.05, 0) is 30.7 Å². The van der Waals surface area contributed by atoms with Crippen molar-refractivity contribution < 1.29 is 18.4 Å². The van der Waals surface area contributed by atoms with E-state index in [-0.39, 0.29) is 19.0 Å². The maximum Gasteiger partial charge on any atom is 0.419 e. The van der Waals surface area contributed by atoms with E-state index in [1.807, 2.05) is 29.6 Å². The highest BCUT2D eigenvalue weighted by atomic mass is 32.1. The van der Waals surface area contributed by atoms with Crippen molar-refractivity contribution in [2.24, 2.45) is 0 Å². The number of aromatic nitrogens is 2. The molecule has 4 rings (SSSR count). The minimum absolute atomic E-state index is 0.116. The first-order valence-corrected chi connectivity index (χ1v) is 9.31. The first-order chi connectivity index (χ1) is 13.2. The van der Waals surface area contributed by atoms with Crippen LogP contribution in [0.1, 0.15) is 18.5 Å². The fraction of sp³-hybridized carbons (Fsp3) is 0.211. The molecule has 8 heteroatoms. The van der Waals surface area contributed by atoms with Gasteiger partial charge in [0.15, 0.2) is 16.4 Å². The lowest BCUT2D eigenvalue weighted by Gasteiger charge is -2.04. The third-order valence-corrected chi connectivity index (χ3v) is 4.91. The molecule has 7 nitrogen and oxygen atoms in total. The molecule has 4 aromatic rings. The fourth-order valence-corrected chi connectivity index (χ4v) is 3.49. The Balaban J connectivity index is 1.28. The number of aryl methyl sites for hydroxylation is 1. The molecule has 3 aromatic heterocycles. The largest absolute Gasteiger partial charge is 0.462 e. The van der Waals surface area contributed by atoms with Gasteiger partial charge in [-0.1, -0.05) is 12.1 Å². The molecule has 1 aromatic carbocycles. The van der Waals surface area contributed by atoms with Crippen LogP contribution in [0.15, 0.2) is 61.7 Å². The molecule has 0 aliphatic carbocycles. The molecule has 27 heavy (non-hydrogen) atoms. The normalized spacial score (nSPS) is 11.1. The highest BCUT2D eigenvalue weighted by Gasteiger charge is 2.11. The van der Waals surface area contributed by atoms with Crippen molar-refractivity contribution in [3.8, 4) is 10.8 Å². The Morgan fingerprint density at radius 1 is 1.22 bits per heavy atom. The summed E-state index contributed by atoms with van der Waals surface area (Å²) in [4.78, 5) is 28.2. The first kappa shape index (κ1) is 17.3. The van der Waals surface area contributed by atoms with Crippen molar-refractivity contribution >= 4 is 28.4 Å². The van der Waals surface area contributed by atoms with Crippen LogP contribution in [0.3, 0.4) is 0 Å². The number of carbonyl (C=O) groups excluding carboxylic acids is 1. The number of esters is 1. The van der Waals surface area contributed by atoms with E-state index in [9.17, 15) is 9.59 Å². The molecule has 0 aliphatic heterocycles. The molecule has 3 heterocycles. The second-order valence-corrected chi connectivity index (χ2v) is 6.73. The molecule has 0 bridgehead atoms. The molecule has 0 radical (unpaired) electrons. The number of carbonyl (C=O) groups is 1. The van der Waals surface area contributed by atoms with Gasteiger partial charge in [0.2, 0.25) is 0 Å². The lowest BCUT2D eigenvalue weighted by atomic mass is 10.3. The summed E-state index contributed by atoms with van der Waals surface area (Å²) >= 11 is 1.43. The number of fused-ring (bicyclic) bond motifs is 1. The van der Waals surface area contributed by atoms with Crippen LogP contribution in [0.25, 0.3) is 21.9 Å². The van der Waals surface area contributed by atoms with E-state index in [2.05, 4.69) is 4.98 Å². The van der Waals surface area contributed by atoms with Crippen molar-refractivity contribution in [3.63, 3.8) is 0 Å². The summed E-state index contributed by atoms with van der Waals surface area (Å²) in [6.07, 6.45) is 2.28. The summed E-state index contributed by atoms with van der Waals surface area (Å²) in [7, 11) is 0. The zero-order valence-corrected chi connectivity index (χ0v) is 15.1. The van der Waals surface area contributed by atoms with Gasteiger partial charge in [-0.15, -0.1) is 11.3 Å². The number of ether oxygens (including phenoxy) is 1. The summed E-state index contributed by atoms with van der Waals surface area (Å²) in [5, 5.41) is 2.58. The molecule has 0 saturated heterocycles. The minimum atomic E-state index is -0.419. The standard InChI is InChI=1S/C19H16N2O5S/c22-17(25-11-13-12-27-18(20-13)16-7-4-10-24-16)8-3-9-21-14-5-1-2-6-15(14)26-19(21)23/h1-2,4-7,10,12H,3,8-9,11H2. The van der Waals surface area contributed by atoms with Crippen LogP contribution >= 0.6 is 11.3 Å². The summed E-state index contributed by atoms with van der Waals surface area (Å²) in [5.74, 6) is -0.0590. The van der Waals surface area contributed by atoms with E-state index in [0.29, 0.717) is 30.0 Å². The van der Waals surface area contributed by atoms with Gasteiger partial charge in [0.1, 0.15) is 6.61 Å². The van der Waals surface area contributed by atoms with Crippen molar-refractivity contribution in [2.75, 3.05) is 0 Å². The van der Waals surface area contributed by atoms with Crippen LogP contribution in [0, 0.1) is 0 Å². The van der Waals surface area contributed by atoms with Gasteiger partial charge in [0.25, 0.3) is 0 Å². The van der Waals surface area contributed by atoms with Crippen LogP contribution in [0.5, 0.6) is 0 Å². The fourth-order valence-electron chi connectivity index (χ4n) is 2.72. The van der Waals surface area contributed by atoms with Crippen LogP contribution < -0.4 is 5.76 Å². The number of nitrogens with zero attached hydrogens (tertiary/aromatic N) is 2. The lowest BCUT2D eigenvalue weighted by molar-refractivity contribution is -0.145. The predicted octanol–water partition coefficient (Wildman–Crippen LogP) is 3.83. The van der Waals surface area contributed by atoms with Crippen molar-refractivity contribution in [2.45, 2.75) is 26.0 Å². The highest BCUT2D eigenvalue weighted by molar-refractivity contribution is 7.13. The van der Waals surface area contributed by atoms with Crippen LogP contribution in [-0.2, 0) is 22.7 Å². The Morgan fingerprint density at radius 3 is 2.96 bits per heavy atom. The summed E-state index contributed by atoms with van der Waals surface area (Å²) in [5.41, 5.74) is 1.95. The van der Waals surface area contributed by atoms with Gasteiger partial charge in [-0.25, -0.2) is 9.78 Å². The second-order valence-electron chi connectivity index (χ2n) is 5.87. The van der Waals surface area contributed by atoms with Gasteiger partial charge in [0, 0.05) is 18.3 Å². The van der Waals surface area contributed by atoms with Gasteiger partial charge >= 0.3 is 11.7 Å². The van der Waals surface area contributed by atoms with Gasteiger partial charge < -0.3 is 13.6 Å². The first-order valence-electron chi connectivity index (χ1n) is 8.43. The zero-order valence-electron chi connectivity index (χ0n) is 14.3. The predicted molar refractivity (Wildman–Crippen MR) is 99.3 cm³/mol. The average molecular weight is 384 g/mol. The maximum atomic E-state index is 12.0. The van der Waals surface area contributed by atoms with Crippen LogP contribution in [0.2, 0.25) is 0 Å². The Bertz CT molecular complexity index is 1110. The molecular weight excluding hydrogens is 368 g/mol. The summed E-state index contributed by atoms with van der Waals surface area (Å²) in [6, 6.07) is 10.8. The average Bonchev–Trinajstić information content (AvgIpc) is 3.40. The van der Waals surface area contributed by atoms with E-state index < -0.39 is 5.76 Å². The Morgan fingerprint density at radius 2 is 2.11 bits per heavy atom. The Hall–Kier alpha value is -3.13. The third-order valence-electron chi connectivity index (χ3n) is 4.00. The number of thiazole rings is 1. The monoisotopic (exact) mass is 384 g/mol. The van der Waals surface area contributed by atoms with E-state index in [1.54, 1.807) is 18.4 Å². The van der Waals surface area contributed by atoms with Crippen LogP contribution in [-0.4, -0.2) is 15.5 Å². The third kappa shape index (κ3) is 3.85. The summed E-state index contributed by atoms with van der Waals surface area (Å²) in [6.45, 7) is 0.509. The Kier molecular flexibility index (Phi) is 4.88. The van der Waals surface area contributed by atoms with Crippen LogP contribution in [0.4, 0.5) is 0 Å². The van der Waals surface area contributed by atoms with E-state index >= 15 is 0 Å². The molecular formula is C19H16N2O5S. The number of hydrogen-bond acceptors (Lipinski definition) is 7. The maximum absolute atomic E-state index is 12.0. The van der Waals surface area contributed by atoms with E-state index in [4.69, 9.17) is 13.6 Å². The molecule has 0 N–H and O–H groups in total. The van der Waals surface area contributed by atoms with Gasteiger partial charge in [-0.3, -0.25) is 9.36 Å². The topological polar surface area (TPSA) is 87.5 Å². The molecule has 0 spiro atoms. The SMILES string of the molecule is O=C(CCCn1c(=O)oc2ccccc21)OCc1csc(-c2ccco2)n1. The molecule has 0 amide bonds. The van der Waals surface area contributed by atoms with Crippen molar-refractivity contribution in [3.05, 3.63) is 64.3 Å². The number of furan rings is 1. The zero-order chi connectivity index (χ0) is 18.6. The number of benzene rings is 1. The molecule has 0 aliphatic rings. The van der Waals surface area contributed by atoms with E-state index in [0.717, 1.165) is 10.5 Å². The van der Waals surface area contributed by atoms with Gasteiger partial charge in [0.05, 0.1) is 17.5 Å². The quantitative estimate of drug-likeness (QED) is 0.450. The van der Waals surface area contributed by atoms with E-state index in [1.165, 1.54) is 15.9 Å². The number of oxazole rings is 1. The smallest absolute Gasteiger partial charge is 0.419 e. The molecule has 0 fully saturated rings. The minimum Gasteiger partial charge on any atom is -0.462 e. The lowest BCUT2D eigenvalue weighted by Crippen LogP contribution is -2.15. The molecule has 0 unspecified atom stereocenters. The van der Waals surface area contributed by atoms with Gasteiger partial charge in [-0.2, -0.15) is 0 Å². The number of hydrogen-bond donors (Lipinski definition) is 0. The Labute approximate surface area is 157 Å². The summed E-state index contributed by atoms with van der Waals surface area (Å²) < 4.78 is 17.2. The second kappa shape index (κ2) is 7.63. The van der Waals surface area contributed by atoms with Crippen molar-refractivity contribution in [1.82, 2.24) is 9.55 Å². The van der Waals surface area contributed by atoms with Crippen molar-refractivity contribution in [1.29, 1.82) is 0 Å². The molecule has 0 atom stereocenters. The number of rotatable bonds is 7. The molecule has 138 valence electrons. The number of para-hydroxylation sites is 2.